The van der Waals surface area contributed by atoms with Crippen molar-refractivity contribution in [1.82, 2.24) is 4.90 Å². The lowest BCUT2D eigenvalue weighted by atomic mass is 9.81. The molecule has 0 aliphatic carbocycles. The fourth-order valence-electron chi connectivity index (χ4n) is 3.20. The molecule has 2 saturated heterocycles. The Morgan fingerprint density at radius 3 is 2.61 bits per heavy atom. The average molecular weight is 273 g/mol. The lowest BCUT2D eigenvalue weighted by molar-refractivity contribution is 0.000457. The average Bonchev–Trinajstić information content (AvgIpc) is 2.41. The smallest absolute Gasteiger partial charge is 0.0506 e. The SMILES string of the molecule is CN(CC1CCCOC1)CC1(CS)CCOCC1. The first-order valence-corrected chi connectivity index (χ1v) is 7.82. The van der Waals surface area contributed by atoms with Crippen LogP contribution in [0.2, 0.25) is 0 Å². The van der Waals surface area contributed by atoms with Crippen LogP contribution in [0.25, 0.3) is 0 Å². The molecule has 0 aromatic rings. The van der Waals surface area contributed by atoms with E-state index in [0.717, 1.165) is 64.0 Å². The second-order valence-electron chi connectivity index (χ2n) is 6.05. The van der Waals surface area contributed by atoms with Gasteiger partial charge in [-0.25, -0.2) is 0 Å². The molecule has 0 bridgehead atoms. The van der Waals surface area contributed by atoms with Crippen molar-refractivity contribution in [2.24, 2.45) is 11.3 Å². The van der Waals surface area contributed by atoms with Crippen LogP contribution in [0.4, 0.5) is 0 Å². The number of thiol groups is 1. The van der Waals surface area contributed by atoms with Gasteiger partial charge in [-0.2, -0.15) is 12.6 Å². The van der Waals surface area contributed by atoms with Crippen LogP contribution in [-0.4, -0.2) is 57.2 Å². The molecule has 2 aliphatic heterocycles. The van der Waals surface area contributed by atoms with Crippen molar-refractivity contribution < 1.29 is 9.47 Å². The predicted octanol–water partition coefficient (Wildman–Crippen LogP) is 2.07. The fraction of sp³-hybridized carbons (Fsp3) is 1.00. The van der Waals surface area contributed by atoms with E-state index in [4.69, 9.17) is 9.47 Å². The molecule has 106 valence electrons. The van der Waals surface area contributed by atoms with Gasteiger partial charge < -0.3 is 14.4 Å². The Hall–Kier alpha value is 0.230. The molecule has 0 N–H and O–H groups in total. The molecule has 4 heteroatoms. The van der Waals surface area contributed by atoms with E-state index in [1.807, 2.05) is 0 Å². The summed E-state index contributed by atoms with van der Waals surface area (Å²) >= 11 is 4.58. The minimum atomic E-state index is 0.367. The Kier molecular flexibility index (Phi) is 5.80. The summed E-state index contributed by atoms with van der Waals surface area (Å²) in [6.07, 6.45) is 4.86. The van der Waals surface area contributed by atoms with E-state index in [-0.39, 0.29) is 0 Å². The monoisotopic (exact) mass is 273 g/mol. The first-order valence-electron chi connectivity index (χ1n) is 7.19. The molecule has 0 spiro atoms. The van der Waals surface area contributed by atoms with Crippen molar-refractivity contribution in [3.8, 4) is 0 Å². The van der Waals surface area contributed by atoms with Crippen molar-refractivity contribution in [2.75, 3.05) is 52.3 Å². The highest BCUT2D eigenvalue weighted by Gasteiger charge is 2.32. The quantitative estimate of drug-likeness (QED) is 0.775. The lowest BCUT2D eigenvalue weighted by Crippen LogP contribution is -2.43. The van der Waals surface area contributed by atoms with Crippen LogP contribution in [0.3, 0.4) is 0 Å². The molecule has 18 heavy (non-hydrogen) atoms. The third-order valence-corrected chi connectivity index (χ3v) is 4.99. The number of rotatable bonds is 5. The molecule has 0 amide bonds. The summed E-state index contributed by atoms with van der Waals surface area (Å²) in [5.41, 5.74) is 0.367. The minimum absolute atomic E-state index is 0.367. The van der Waals surface area contributed by atoms with E-state index in [2.05, 4.69) is 24.6 Å². The van der Waals surface area contributed by atoms with Crippen LogP contribution < -0.4 is 0 Å². The van der Waals surface area contributed by atoms with E-state index in [1.165, 1.54) is 12.8 Å². The zero-order valence-corrected chi connectivity index (χ0v) is 12.5. The Morgan fingerprint density at radius 1 is 1.22 bits per heavy atom. The van der Waals surface area contributed by atoms with Gasteiger partial charge in [0.2, 0.25) is 0 Å². The normalized spacial score (nSPS) is 28.5. The van der Waals surface area contributed by atoms with E-state index in [0.29, 0.717) is 5.41 Å². The van der Waals surface area contributed by atoms with Gasteiger partial charge in [0.05, 0.1) is 6.61 Å². The van der Waals surface area contributed by atoms with Gasteiger partial charge >= 0.3 is 0 Å². The summed E-state index contributed by atoms with van der Waals surface area (Å²) in [5.74, 6) is 1.70. The third-order valence-electron chi connectivity index (χ3n) is 4.32. The van der Waals surface area contributed by atoms with E-state index < -0.39 is 0 Å². The highest BCUT2D eigenvalue weighted by molar-refractivity contribution is 7.80. The fourth-order valence-corrected chi connectivity index (χ4v) is 3.62. The number of ether oxygens (including phenoxy) is 2. The van der Waals surface area contributed by atoms with Crippen LogP contribution in [0.1, 0.15) is 25.7 Å². The van der Waals surface area contributed by atoms with Crippen molar-refractivity contribution in [3.63, 3.8) is 0 Å². The Bertz CT molecular complexity index is 238. The molecular weight excluding hydrogens is 246 g/mol. The summed E-state index contributed by atoms with van der Waals surface area (Å²) in [5, 5.41) is 0. The zero-order chi connectivity index (χ0) is 12.8. The van der Waals surface area contributed by atoms with Gasteiger partial charge in [-0.15, -0.1) is 0 Å². The van der Waals surface area contributed by atoms with Crippen molar-refractivity contribution in [3.05, 3.63) is 0 Å². The summed E-state index contributed by atoms with van der Waals surface area (Å²) < 4.78 is 11.0. The van der Waals surface area contributed by atoms with Crippen LogP contribution in [0.15, 0.2) is 0 Å². The molecule has 0 aromatic carbocycles. The molecule has 3 nitrogen and oxygen atoms in total. The summed E-state index contributed by atoms with van der Waals surface area (Å²) in [4.78, 5) is 2.49. The molecule has 0 radical (unpaired) electrons. The number of hydrogen-bond acceptors (Lipinski definition) is 4. The predicted molar refractivity (Wildman–Crippen MR) is 77.4 cm³/mol. The van der Waals surface area contributed by atoms with Gasteiger partial charge in [0, 0.05) is 32.9 Å². The molecule has 0 aromatic heterocycles. The van der Waals surface area contributed by atoms with Gasteiger partial charge in [0.15, 0.2) is 0 Å². The number of hydrogen-bond donors (Lipinski definition) is 1. The molecular formula is C14H27NO2S. The molecule has 2 aliphatic rings. The second-order valence-corrected chi connectivity index (χ2v) is 6.37. The number of nitrogens with zero attached hydrogens (tertiary/aromatic N) is 1. The first-order chi connectivity index (χ1) is 8.74. The molecule has 2 heterocycles. The van der Waals surface area contributed by atoms with Crippen LogP contribution >= 0.6 is 12.6 Å². The summed E-state index contributed by atoms with van der Waals surface area (Å²) in [6, 6.07) is 0. The molecule has 2 fully saturated rings. The Labute approximate surface area is 117 Å². The van der Waals surface area contributed by atoms with Gasteiger partial charge in [-0.3, -0.25) is 0 Å². The van der Waals surface area contributed by atoms with Gasteiger partial charge in [-0.05, 0) is 49.8 Å². The summed E-state index contributed by atoms with van der Waals surface area (Å²) in [7, 11) is 2.25. The third kappa shape index (κ3) is 4.12. The summed E-state index contributed by atoms with van der Waals surface area (Å²) in [6.45, 7) is 6.02. The van der Waals surface area contributed by atoms with Crippen molar-refractivity contribution in [2.45, 2.75) is 25.7 Å². The molecule has 2 rings (SSSR count). The van der Waals surface area contributed by atoms with E-state index >= 15 is 0 Å². The van der Waals surface area contributed by atoms with Crippen molar-refractivity contribution >= 4 is 12.6 Å². The highest BCUT2D eigenvalue weighted by Crippen LogP contribution is 2.32. The topological polar surface area (TPSA) is 21.7 Å². The van der Waals surface area contributed by atoms with Gasteiger partial charge in [0.1, 0.15) is 0 Å². The van der Waals surface area contributed by atoms with Crippen LogP contribution in [0, 0.1) is 11.3 Å². The Morgan fingerprint density at radius 2 is 2.00 bits per heavy atom. The van der Waals surface area contributed by atoms with E-state index in [1.54, 1.807) is 0 Å². The van der Waals surface area contributed by atoms with Crippen molar-refractivity contribution in [1.29, 1.82) is 0 Å². The first kappa shape index (κ1) is 14.6. The molecule has 1 atom stereocenters. The molecule has 1 unspecified atom stereocenters. The van der Waals surface area contributed by atoms with Crippen LogP contribution in [0.5, 0.6) is 0 Å². The maximum atomic E-state index is 5.56. The highest BCUT2D eigenvalue weighted by atomic mass is 32.1. The van der Waals surface area contributed by atoms with E-state index in [9.17, 15) is 0 Å². The second kappa shape index (κ2) is 7.13. The van der Waals surface area contributed by atoms with Gasteiger partial charge in [-0.1, -0.05) is 0 Å². The molecule has 0 saturated carbocycles. The van der Waals surface area contributed by atoms with Gasteiger partial charge in [0.25, 0.3) is 0 Å². The largest absolute Gasteiger partial charge is 0.381 e. The maximum Gasteiger partial charge on any atom is 0.0506 e. The van der Waals surface area contributed by atoms with Crippen LogP contribution in [-0.2, 0) is 9.47 Å². The Balaban J connectivity index is 1.78. The lowest BCUT2D eigenvalue weighted by Gasteiger charge is -2.40. The maximum absolute atomic E-state index is 5.56. The standard InChI is InChI=1S/C14H27NO2S/c1-15(9-13-3-2-6-17-10-13)11-14(12-18)4-7-16-8-5-14/h13,18H,2-12H2,1H3. The minimum Gasteiger partial charge on any atom is -0.381 e. The zero-order valence-electron chi connectivity index (χ0n) is 11.6.